The van der Waals surface area contributed by atoms with Gasteiger partial charge in [-0.25, -0.2) is 0 Å². The number of rotatable bonds is 12. The minimum atomic E-state index is -0.130. The second-order valence-corrected chi connectivity index (χ2v) is 7.68. The van der Waals surface area contributed by atoms with E-state index in [0.29, 0.717) is 18.6 Å². The fraction of sp³-hybridized carbons (Fsp3) is 0.826. The Morgan fingerprint density at radius 3 is 1.56 bits per heavy atom. The molecule has 0 aromatic rings. The molecule has 0 aliphatic heterocycles. The molecule has 2 heteroatoms. The van der Waals surface area contributed by atoms with Gasteiger partial charge in [0.1, 0.15) is 0 Å². The molecule has 0 fully saturated rings. The molecule has 25 heavy (non-hydrogen) atoms. The Morgan fingerprint density at radius 1 is 0.720 bits per heavy atom. The maximum absolute atomic E-state index is 5.92. The molecule has 0 atom stereocenters. The molecule has 0 spiro atoms. The van der Waals surface area contributed by atoms with Crippen molar-refractivity contribution in [3.8, 4) is 23.7 Å². The van der Waals surface area contributed by atoms with Crippen molar-refractivity contribution in [3.63, 3.8) is 0 Å². The second kappa shape index (κ2) is 16.5. The topological polar surface area (TPSA) is 18.5 Å². The SMILES string of the molecule is CCCCC#CCCOC(CCC(C)(C)C)OCCC#CCCCC. The van der Waals surface area contributed by atoms with Crippen LogP contribution in [0.15, 0.2) is 0 Å². The van der Waals surface area contributed by atoms with Crippen LogP contribution >= 0.6 is 0 Å². The Kier molecular flexibility index (Phi) is 15.9. The predicted molar refractivity (Wildman–Crippen MR) is 108 cm³/mol. The summed E-state index contributed by atoms with van der Waals surface area (Å²) in [7, 11) is 0. The zero-order valence-electron chi connectivity index (χ0n) is 17.4. The summed E-state index contributed by atoms with van der Waals surface area (Å²) in [6, 6.07) is 0. The molecule has 0 saturated carbocycles. The van der Waals surface area contributed by atoms with E-state index in [0.717, 1.165) is 38.5 Å². The molecule has 0 N–H and O–H groups in total. The van der Waals surface area contributed by atoms with Crippen molar-refractivity contribution in [2.24, 2.45) is 5.41 Å². The molecule has 0 heterocycles. The van der Waals surface area contributed by atoms with E-state index in [-0.39, 0.29) is 6.29 Å². The fourth-order valence-electron chi connectivity index (χ4n) is 2.13. The minimum absolute atomic E-state index is 0.130. The van der Waals surface area contributed by atoms with E-state index in [2.05, 4.69) is 58.3 Å². The van der Waals surface area contributed by atoms with Crippen LogP contribution in [0.3, 0.4) is 0 Å². The van der Waals surface area contributed by atoms with Crippen LogP contribution in [0.1, 0.15) is 98.8 Å². The average Bonchev–Trinajstić information content (AvgIpc) is 2.56. The van der Waals surface area contributed by atoms with Gasteiger partial charge in [0.15, 0.2) is 6.29 Å². The average molecular weight is 349 g/mol. The first kappa shape index (κ1) is 24.0. The van der Waals surface area contributed by atoms with Crippen molar-refractivity contribution in [1.29, 1.82) is 0 Å². The molecule has 0 amide bonds. The summed E-state index contributed by atoms with van der Waals surface area (Å²) in [6.07, 6.45) is 10.2. The smallest absolute Gasteiger partial charge is 0.157 e. The van der Waals surface area contributed by atoms with Crippen LogP contribution in [0.25, 0.3) is 0 Å². The molecule has 0 aliphatic rings. The summed E-state index contributed by atoms with van der Waals surface area (Å²) in [5, 5.41) is 0. The van der Waals surface area contributed by atoms with Gasteiger partial charge in [-0.15, -0.1) is 23.7 Å². The van der Waals surface area contributed by atoms with Crippen LogP contribution in [0, 0.1) is 29.1 Å². The van der Waals surface area contributed by atoms with E-state index in [1.165, 1.54) is 25.7 Å². The van der Waals surface area contributed by atoms with E-state index in [1.807, 2.05) is 0 Å². The maximum atomic E-state index is 5.92. The van der Waals surface area contributed by atoms with Gasteiger partial charge in [0.05, 0.1) is 13.2 Å². The molecule has 0 aromatic carbocycles. The minimum Gasteiger partial charge on any atom is -0.352 e. The normalized spacial score (nSPS) is 11.0. The summed E-state index contributed by atoms with van der Waals surface area (Å²) in [5.74, 6) is 12.8. The van der Waals surface area contributed by atoms with Crippen LogP contribution in [0.4, 0.5) is 0 Å². The highest BCUT2D eigenvalue weighted by molar-refractivity contribution is 4.99. The number of hydrogen-bond acceptors (Lipinski definition) is 2. The molecule has 2 nitrogen and oxygen atoms in total. The van der Waals surface area contributed by atoms with Crippen molar-refractivity contribution < 1.29 is 9.47 Å². The highest BCUT2D eigenvalue weighted by atomic mass is 16.7. The zero-order valence-corrected chi connectivity index (χ0v) is 17.4. The van der Waals surface area contributed by atoms with Gasteiger partial charge in [0.25, 0.3) is 0 Å². The number of ether oxygens (including phenoxy) is 2. The van der Waals surface area contributed by atoms with Crippen molar-refractivity contribution in [2.45, 2.75) is 105 Å². The number of hydrogen-bond donors (Lipinski definition) is 0. The lowest BCUT2D eigenvalue weighted by molar-refractivity contribution is -0.146. The van der Waals surface area contributed by atoms with Gasteiger partial charge in [-0.2, -0.15) is 0 Å². The molecule has 0 saturated heterocycles. The molecule has 0 aliphatic carbocycles. The largest absolute Gasteiger partial charge is 0.352 e. The van der Waals surface area contributed by atoms with Gasteiger partial charge in [-0.3, -0.25) is 0 Å². The highest BCUT2D eigenvalue weighted by Gasteiger charge is 2.16. The van der Waals surface area contributed by atoms with E-state index in [4.69, 9.17) is 9.47 Å². The molecular weight excluding hydrogens is 308 g/mol. The van der Waals surface area contributed by atoms with Gasteiger partial charge >= 0.3 is 0 Å². The molecule has 0 unspecified atom stereocenters. The van der Waals surface area contributed by atoms with E-state index < -0.39 is 0 Å². The van der Waals surface area contributed by atoms with Crippen LogP contribution in [0.5, 0.6) is 0 Å². The maximum Gasteiger partial charge on any atom is 0.157 e. The van der Waals surface area contributed by atoms with Gasteiger partial charge in [0.2, 0.25) is 0 Å². The van der Waals surface area contributed by atoms with Crippen LogP contribution in [-0.4, -0.2) is 19.5 Å². The van der Waals surface area contributed by atoms with Crippen molar-refractivity contribution in [1.82, 2.24) is 0 Å². The molecule has 0 bridgehead atoms. The van der Waals surface area contributed by atoms with Gasteiger partial charge < -0.3 is 9.47 Å². The summed E-state index contributed by atoms with van der Waals surface area (Å²) >= 11 is 0. The highest BCUT2D eigenvalue weighted by Crippen LogP contribution is 2.23. The summed E-state index contributed by atoms with van der Waals surface area (Å²) < 4.78 is 11.8. The quantitative estimate of drug-likeness (QED) is 0.233. The lowest BCUT2D eigenvalue weighted by atomic mass is 9.90. The Balaban J connectivity index is 4.08. The molecule has 0 rings (SSSR count). The molecular formula is C23H40O2. The van der Waals surface area contributed by atoms with Crippen molar-refractivity contribution >= 4 is 0 Å². The Labute approximate surface area is 157 Å². The van der Waals surface area contributed by atoms with Crippen LogP contribution in [-0.2, 0) is 9.47 Å². The molecule has 0 aromatic heterocycles. The third-order valence-electron chi connectivity index (χ3n) is 3.75. The second-order valence-electron chi connectivity index (χ2n) is 7.68. The van der Waals surface area contributed by atoms with Gasteiger partial charge in [-0.1, -0.05) is 47.5 Å². The molecule has 144 valence electrons. The first-order valence-corrected chi connectivity index (χ1v) is 10.1. The lowest BCUT2D eigenvalue weighted by Gasteiger charge is -2.23. The summed E-state index contributed by atoms with van der Waals surface area (Å²) in [4.78, 5) is 0. The standard InChI is InChI=1S/C23H40O2/c1-6-8-10-12-14-16-20-24-22(18-19-23(3,4)5)25-21-17-15-13-11-9-7-2/h22H,6-11,16-21H2,1-5H3. The number of unbranched alkanes of at least 4 members (excludes halogenated alkanes) is 4. The van der Waals surface area contributed by atoms with E-state index >= 15 is 0 Å². The first-order chi connectivity index (χ1) is 12.0. The molecule has 0 radical (unpaired) electrons. The Morgan fingerprint density at radius 2 is 1.16 bits per heavy atom. The van der Waals surface area contributed by atoms with Crippen molar-refractivity contribution in [2.75, 3.05) is 13.2 Å². The zero-order chi connectivity index (χ0) is 18.8. The Hall–Kier alpha value is -0.960. The van der Waals surface area contributed by atoms with Gasteiger partial charge in [0, 0.05) is 25.7 Å². The Bertz CT molecular complexity index is 379. The predicted octanol–water partition coefficient (Wildman–Crippen LogP) is 6.34. The van der Waals surface area contributed by atoms with E-state index in [1.54, 1.807) is 0 Å². The third kappa shape index (κ3) is 19.2. The van der Waals surface area contributed by atoms with Crippen molar-refractivity contribution in [3.05, 3.63) is 0 Å². The van der Waals surface area contributed by atoms with E-state index in [9.17, 15) is 0 Å². The lowest BCUT2D eigenvalue weighted by Crippen LogP contribution is -2.21. The van der Waals surface area contributed by atoms with Gasteiger partial charge in [-0.05, 0) is 31.1 Å². The van der Waals surface area contributed by atoms with Crippen LogP contribution < -0.4 is 0 Å². The first-order valence-electron chi connectivity index (χ1n) is 10.1. The third-order valence-corrected chi connectivity index (χ3v) is 3.75. The monoisotopic (exact) mass is 348 g/mol. The summed E-state index contributed by atoms with van der Waals surface area (Å²) in [5.41, 5.74) is 0.297. The summed E-state index contributed by atoms with van der Waals surface area (Å²) in [6.45, 7) is 12.4. The fourth-order valence-corrected chi connectivity index (χ4v) is 2.13. The van der Waals surface area contributed by atoms with Crippen LogP contribution in [0.2, 0.25) is 0 Å².